The Labute approximate surface area is 87.9 Å². The summed E-state index contributed by atoms with van der Waals surface area (Å²) < 4.78 is 1.47. The van der Waals surface area contributed by atoms with Crippen molar-refractivity contribution in [2.45, 2.75) is 28.7 Å². The third kappa shape index (κ3) is 3.01. The van der Waals surface area contributed by atoms with Crippen LogP contribution in [-0.2, 0) is 0 Å². The van der Waals surface area contributed by atoms with Crippen LogP contribution in [-0.4, -0.2) is 18.3 Å². The van der Waals surface area contributed by atoms with Crippen LogP contribution >= 0.6 is 23.1 Å². The number of rotatable bonds is 2. The van der Waals surface area contributed by atoms with Crippen molar-refractivity contribution >= 4 is 23.1 Å². The highest BCUT2D eigenvalue weighted by Gasteiger charge is 2.12. The molecule has 1 aliphatic rings. The third-order valence-corrected chi connectivity index (χ3v) is 4.62. The number of hydrogen-bond acceptors (Lipinski definition) is 3. The minimum Gasteiger partial charge on any atom is -0.316 e. The molecule has 2 heterocycles. The number of thioether (sulfide) groups is 1. The molecular weight excluding hydrogens is 198 g/mol. The quantitative estimate of drug-likeness (QED) is 0.810. The maximum Gasteiger partial charge on any atom is 0.0601 e. The van der Waals surface area contributed by atoms with E-state index in [-0.39, 0.29) is 0 Å². The first-order chi connectivity index (χ1) is 6.45. The van der Waals surface area contributed by atoms with Crippen molar-refractivity contribution < 1.29 is 0 Å². The van der Waals surface area contributed by atoms with Gasteiger partial charge in [-0.2, -0.15) is 0 Å². The first-order valence-corrected chi connectivity index (χ1v) is 6.62. The summed E-state index contributed by atoms with van der Waals surface area (Å²) in [6.07, 6.45) is 4.10. The normalized spacial score (nSPS) is 24.2. The molecule has 1 aromatic rings. The molecular formula is C10H15NS2. The van der Waals surface area contributed by atoms with Crippen LogP contribution < -0.4 is 5.32 Å². The summed E-state index contributed by atoms with van der Waals surface area (Å²) in [5.41, 5.74) is 0. The van der Waals surface area contributed by atoms with Gasteiger partial charge in [0.2, 0.25) is 0 Å². The molecule has 2 rings (SSSR count). The van der Waals surface area contributed by atoms with E-state index in [1.54, 1.807) is 0 Å². The molecule has 1 aromatic heterocycles. The second-order valence-electron chi connectivity index (χ2n) is 3.37. The van der Waals surface area contributed by atoms with E-state index in [1.807, 2.05) is 23.1 Å². The molecule has 0 aromatic carbocycles. The van der Waals surface area contributed by atoms with Gasteiger partial charge in [0.15, 0.2) is 0 Å². The van der Waals surface area contributed by atoms with E-state index < -0.39 is 0 Å². The van der Waals surface area contributed by atoms with Crippen molar-refractivity contribution in [2.24, 2.45) is 0 Å². The zero-order chi connectivity index (χ0) is 8.93. The van der Waals surface area contributed by atoms with Crippen molar-refractivity contribution in [3.8, 4) is 0 Å². The number of hydrogen-bond donors (Lipinski definition) is 1. The summed E-state index contributed by atoms with van der Waals surface area (Å²) in [7, 11) is 0. The molecule has 0 spiro atoms. The minimum absolute atomic E-state index is 0.793. The molecule has 3 heteroatoms. The molecule has 0 saturated carbocycles. The second-order valence-corrected chi connectivity index (χ2v) is 5.92. The zero-order valence-corrected chi connectivity index (χ0v) is 9.29. The van der Waals surface area contributed by atoms with Gasteiger partial charge >= 0.3 is 0 Å². The van der Waals surface area contributed by atoms with Gasteiger partial charge in [-0.1, -0.05) is 12.5 Å². The van der Waals surface area contributed by atoms with Crippen LogP contribution in [0.4, 0.5) is 0 Å². The minimum atomic E-state index is 0.793. The lowest BCUT2D eigenvalue weighted by Gasteiger charge is -2.11. The van der Waals surface area contributed by atoms with Crippen molar-refractivity contribution in [1.29, 1.82) is 0 Å². The van der Waals surface area contributed by atoms with Crippen LogP contribution in [0.5, 0.6) is 0 Å². The molecule has 0 radical (unpaired) electrons. The fourth-order valence-corrected chi connectivity index (χ4v) is 3.80. The lowest BCUT2D eigenvalue weighted by atomic mass is 10.2. The van der Waals surface area contributed by atoms with Gasteiger partial charge in [-0.25, -0.2) is 0 Å². The Morgan fingerprint density at radius 1 is 1.46 bits per heavy atom. The van der Waals surface area contributed by atoms with Crippen molar-refractivity contribution in [1.82, 2.24) is 5.32 Å². The molecule has 1 nitrogen and oxygen atoms in total. The van der Waals surface area contributed by atoms with Crippen LogP contribution in [0.25, 0.3) is 0 Å². The van der Waals surface area contributed by atoms with Crippen molar-refractivity contribution in [3.63, 3.8) is 0 Å². The maximum atomic E-state index is 3.49. The molecule has 1 saturated heterocycles. The van der Waals surface area contributed by atoms with E-state index >= 15 is 0 Å². The molecule has 13 heavy (non-hydrogen) atoms. The van der Waals surface area contributed by atoms with Crippen LogP contribution in [0.3, 0.4) is 0 Å². The summed E-state index contributed by atoms with van der Waals surface area (Å²) in [5.74, 6) is 0. The van der Waals surface area contributed by atoms with Crippen LogP contribution in [0.15, 0.2) is 21.7 Å². The Morgan fingerprint density at radius 3 is 3.31 bits per heavy atom. The van der Waals surface area contributed by atoms with Gasteiger partial charge in [-0.05, 0) is 30.8 Å². The van der Waals surface area contributed by atoms with Gasteiger partial charge in [0.05, 0.1) is 4.21 Å². The average molecular weight is 213 g/mol. The Kier molecular flexibility index (Phi) is 3.70. The SMILES string of the molecule is c1csc(SC2CCCCNC2)c1. The predicted molar refractivity (Wildman–Crippen MR) is 60.7 cm³/mol. The highest BCUT2D eigenvalue weighted by Crippen LogP contribution is 2.30. The van der Waals surface area contributed by atoms with Gasteiger partial charge in [-0.15, -0.1) is 23.1 Å². The predicted octanol–water partition coefficient (Wildman–Crippen LogP) is 2.98. The van der Waals surface area contributed by atoms with Gasteiger partial charge in [0, 0.05) is 11.8 Å². The summed E-state index contributed by atoms with van der Waals surface area (Å²) in [6, 6.07) is 4.36. The smallest absolute Gasteiger partial charge is 0.0601 e. The molecule has 1 unspecified atom stereocenters. The van der Waals surface area contributed by atoms with Crippen molar-refractivity contribution in [2.75, 3.05) is 13.1 Å². The maximum absolute atomic E-state index is 3.49. The third-order valence-electron chi connectivity index (χ3n) is 2.28. The van der Waals surface area contributed by atoms with E-state index in [0.29, 0.717) is 0 Å². The molecule has 1 fully saturated rings. The van der Waals surface area contributed by atoms with Gasteiger partial charge in [0.25, 0.3) is 0 Å². The van der Waals surface area contributed by atoms with Gasteiger partial charge < -0.3 is 5.32 Å². The van der Waals surface area contributed by atoms with E-state index in [0.717, 1.165) is 5.25 Å². The van der Waals surface area contributed by atoms with Crippen molar-refractivity contribution in [3.05, 3.63) is 17.5 Å². The summed E-state index contributed by atoms with van der Waals surface area (Å²) in [4.78, 5) is 0. The number of thiophene rings is 1. The van der Waals surface area contributed by atoms with E-state index in [1.165, 1.54) is 36.6 Å². The van der Waals surface area contributed by atoms with E-state index in [2.05, 4.69) is 22.8 Å². The molecule has 1 aliphatic heterocycles. The van der Waals surface area contributed by atoms with Gasteiger partial charge in [0.1, 0.15) is 0 Å². The fraction of sp³-hybridized carbons (Fsp3) is 0.600. The number of nitrogens with one attached hydrogen (secondary N) is 1. The van der Waals surface area contributed by atoms with E-state index in [4.69, 9.17) is 0 Å². The largest absolute Gasteiger partial charge is 0.316 e. The summed E-state index contributed by atoms with van der Waals surface area (Å²) in [5, 5.41) is 6.45. The average Bonchev–Trinajstić information content (AvgIpc) is 2.49. The fourth-order valence-electron chi connectivity index (χ4n) is 1.58. The topological polar surface area (TPSA) is 12.0 Å². The van der Waals surface area contributed by atoms with Crippen LogP contribution in [0, 0.1) is 0 Å². The van der Waals surface area contributed by atoms with Crippen LogP contribution in [0.2, 0.25) is 0 Å². The Bertz CT molecular complexity index is 225. The molecule has 1 N–H and O–H groups in total. The summed E-state index contributed by atoms with van der Waals surface area (Å²) >= 11 is 3.90. The Balaban J connectivity index is 1.86. The highest BCUT2D eigenvalue weighted by molar-refractivity contribution is 8.01. The molecule has 0 aliphatic carbocycles. The zero-order valence-electron chi connectivity index (χ0n) is 7.66. The standard InChI is InChI=1S/C10H15NS2/c1-2-6-11-8-9(4-1)13-10-5-3-7-12-10/h3,5,7,9,11H,1-2,4,6,8H2. The first-order valence-electron chi connectivity index (χ1n) is 4.86. The highest BCUT2D eigenvalue weighted by atomic mass is 32.2. The van der Waals surface area contributed by atoms with Gasteiger partial charge in [-0.3, -0.25) is 0 Å². The Morgan fingerprint density at radius 2 is 2.46 bits per heavy atom. The van der Waals surface area contributed by atoms with Crippen LogP contribution in [0.1, 0.15) is 19.3 Å². The lowest BCUT2D eigenvalue weighted by molar-refractivity contribution is 0.706. The second kappa shape index (κ2) is 5.03. The summed E-state index contributed by atoms with van der Waals surface area (Å²) in [6.45, 7) is 2.39. The molecule has 72 valence electrons. The first kappa shape index (κ1) is 9.56. The van der Waals surface area contributed by atoms with E-state index in [9.17, 15) is 0 Å². The Hall–Kier alpha value is 0.01000. The molecule has 1 atom stereocenters. The molecule has 0 amide bonds. The monoisotopic (exact) mass is 213 g/mol. The lowest BCUT2D eigenvalue weighted by Crippen LogP contribution is -2.21. The molecule has 0 bridgehead atoms.